The van der Waals surface area contributed by atoms with Crippen LogP contribution in [0.25, 0.3) is 0 Å². The number of ether oxygens (including phenoxy) is 1. The summed E-state index contributed by atoms with van der Waals surface area (Å²) in [4.78, 5) is 14.4. The van der Waals surface area contributed by atoms with Crippen LogP contribution < -0.4 is 10.1 Å². The summed E-state index contributed by atoms with van der Waals surface area (Å²) in [6, 6.07) is 12.7. The molecule has 1 aliphatic rings. The summed E-state index contributed by atoms with van der Waals surface area (Å²) in [5, 5.41) is 2.41. The molecular formula is C20H21F3N2O2. The van der Waals surface area contributed by atoms with Crippen molar-refractivity contribution < 1.29 is 22.7 Å². The average Bonchev–Trinajstić information content (AvgIpc) is 3.09. The van der Waals surface area contributed by atoms with Crippen molar-refractivity contribution in [3.63, 3.8) is 0 Å². The second-order valence-electron chi connectivity index (χ2n) is 6.50. The molecule has 1 saturated heterocycles. The van der Waals surface area contributed by atoms with E-state index in [1.54, 1.807) is 7.11 Å². The maximum Gasteiger partial charge on any atom is 0.418 e. The van der Waals surface area contributed by atoms with E-state index in [2.05, 4.69) is 5.32 Å². The normalized spacial score (nSPS) is 17.7. The number of anilines is 1. The molecule has 1 amide bonds. The average molecular weight is 378 g/mol. The van der Waals surface area contributed by atoms with Gasteiger partial charge in [-0.25, -0.2) is 0 Å². The van der Waals surface area contributed by atoms with Crippen molar-refractivity contribution >= 4 is 11.6 Å². The summed E-state index contributed by atoms with van der Waals surface area (Å²) in [6.07, 6.45) is -2.70. The van der Waals surface area contributed by atoms with Crippen molar-refractivity contribution in [1.82, 2.24) is 4.90 Å². The van der Waals surface area contributed by atoms with Gasteiger partial charge in [-0.05, 0) is 49.2 Å². The Balaban J connectivity index is 1.71. The summed E-state index contributed by atoms with van der Waals surface area (Å²) < 4.78 is 44.5. The smallest absolute Gasteiger partial charge is 0.418 e. The topological polar surface area (TPSA) is 41.6 Å². The number of nitrogens with zero attached hydrogens (tertiary/aromatic N) is 1. The van der Waals surface area contributed by atoms with Crippen molar-refractivity contribution in [3.05, 3.63) is 59.7 Å². The van der Waals surface area contributed by atoms with E-state index in [1.807, 2.05) is 29.2 Å². The number of carbonyl (C=O) groups excluding carboxylic acids is 1. The molecule has 27 heavy (non-hydrogen) atoms. The van der Waals surface area contributed by atoms with E-state index in [1.165, 1.54) is 18.2 Å². The van der Waals surface area contributed by atoms with Crippen molar-refractivity contribution in [3.8, 4) is 5.75 Å². The van der Waals surface area contributed by atoms with Crippen LogP contribution in [0.5, 0.6) is 5.75 Å². The first kappa shape index (κ1) is 19.2. The van der Waals surface area contributed by atoms with Gasteiger partial charge in [-0.1, -0.05) is 24.3 Å². The lowest BCUT2D eigenvalue weighted by Crippen LogP contribution is -2.33. The fourth-order valence-corrected chi connectivity index (χ4v) is 3.46. The quantitative estimate of drug-likeness (QED) is 0.834. The van der Waals surface area contributed by atoms with Crippen LogP contribution in [0.15, 0.2) is 48.5 Å². The van der Waals surface area contributed by atoms with Gasteiger partial charge in [0.05, 0.1) is 24.9 Å². The third-order valence-electron chi connectivity index (χ3n) is 4.70. The number of halogens is 3. The van der Waals surface area contributed by atoms with Gasteiger partial charge in [0.1, 0.15) is 5.75 Å². The first-order valence-corrected chi connectivity index (χ1v) is 8.72. The van der Waals surface area contributed by atoms with E-state index in [9.17, 15) is 18.0 Å². The first-order chi connectivity index (χ1) is 12.9. The molecule has 1 fully saturated rings. The maximum absolute atomic E-state index is 13.1. The number of hydrogen-bond acceptors (Lipinski definition) is 3. The highest BCUT2D eigenvalue weighted by molar-refractivity contribution is 5.93. The minimum Gasteiger partial charge on any atom is -0.497 e. The molecule has 1 N–H and O–H groups in total. The number of benzene rings is 2. The summed E-state index contributed by atoms with van der Waals surface area (Å²) in [5.41, 5.74) is -0.0217. The highest BCUT2D eigenvalue weighted by Gasteiger charge is 2.34. The number of amides is 1. The number of methoxy groups -OCH3 is 1. The molecule has 2 aromatic rings. The Morgan fingerprint density at radius 3 is 2.74 bits per heavy atom. The largest absolute Gasteiger partial charge is 0.497 e. The second-order valence-corrected chi connectivity index (χ2v) is 6.50. The molecule has 7 heteroatoms. The van der Waals surface area contributed by atoms with Gasteiger partial charge < -0.3 is 10.1 Å². The highest BCUT2D eigenvalue weighted by Crippen LogP contribution is 2.35. The maximum atomic E-state index is 13.1. The zero-order chi connectivity index (χ0) is 19.4. The molecule has 0 saturated carbocycles. The van der Waals surface area contributed by atoms with Gasteiger partial charge in [-0.3, -0.25) is 9.69 Å². The zero-order valence-corrected chi connectivity index (χ0v) is 14.9. The number of carbonyl (C=O) groups is 1. The number of alkyl halides is 3. The van der Waals surface area contributed by atoms with Gasteiger partial charge in [0.15, 0.2) is 0 Å². The molecule has 1 unspecified atom stereocenters. The summed E-state index contributed by atoms with van der Waals surface area (Å²) >= 11 is 0. The summed E-state index contributed by atoms with van der Waals surface area (Å²) in [6.45, 7) is 0.754. The Labute approximate surface area is 155 Å². The number of nitrogens with one attached hydrogen (secondary N) is 1. The van der Waals surface area contributed by atoms with Gasteiger partial charge in [0.2, 0.25) is 5.91 Å². The predicted octanol–water partition coefficient (Wildman–Crippen LogP) is 4.49. The van der Waals surface area contributed by atoms with Crippen LogP contribution in [-0.4, -0.2) is 31.0 Å². The van der Waals surface area contributed by atoms with E-state index >= 15 is 0 Å². The number of hydrogen-bond donors (Lipinski definition) is 1. The van der Waals surface area contributed by atoms with Crippen LogP contribution >= 0.6 is 0 Å². The van der Waals surface area contributed by atoms with E-state index in [0.29, 0.717) is 0 Å². The minimum atomic E-state index is -4.51. The SMILES string of the molecule is COc1cccc(C2CCCN2CC(=O)Nc2ccccc2C(F)(F)F)c1. The number of rotatable bonds is 5. The Morgan fingerprint density at radius 2 is 2.00 bits per heavy atom. The second kappa shape index (κ2) is 8.00. The van der Waals surface area contributed by atoms with Gasteiger partial charge in [-0.2, -0.15) is 13.2 Å². The van der Waals surface area contributed by atoms with Crippen LogP contribution in [0.4, 0.5) is 18.9 Å². The first-order valence-electron chi connectivity index (χ1n) is 8.72. The zero-order valence-electron chi connectivity index (χ0n) is 14.9. The van der Waals surface area contributed by atoms with E-state index in [4.69, 9.17) is 4.74 Å². The molecule has 1 heterocycles. The summed E-state index contributed by atoms with van der Waals surface area (Å²) in [5.74, 6) is 0.282. The molecule has 1 atom stereocenters. The van der Waals surface area contributed by atoms with Crippen LogP contribution in [0.2, 0.25) is 0 Å². The van der Waals surface area contributed by atoms with Gasteiger partial charge in [0.25, 0.3) is 0 Å². The van der Waals surface area contributed by atoms with E-state index < -0.39 is 17.6 Å². The predicted molar refractivity (Wildman–Crippen MR) is 96.6 cm³/mol. The standard InChI is InChI=1S/C20H21F3N2O2/c1-27-15-7-4-6-14(12-15)18-10-5-11-25(18)13-19(26)24-17-9-3-2-8-16(17)20(21,22)23/h2-4,6-9,12,18H,5,10-11,13H2,1H3,(H,24,26). The molecule has 1 aliphatic heterocycles. The van der Waals surface area contributed by atoms with Crippen molar-refractivity contribution in [2.45, 2.75) is 25.1 Å². The summed E-state index contributed by atoms with van der Waals surface area (Å²) in [7, 11) is 1.59. The minimum absolute atomic E-state index is 0.0358. The lowest BCUT2D eigenvalue weighted by Gasteiger charge is -2.25. The molecular weight excluding hydrogens is 357 g/mol. The monoisotopic (exact) mass is 378 g/mol. The molecule has 4 nitrogen and oxygen atoms in total. The lowest BCUT2D eigenvalue weighted by atomic mass is 10.0. The lowest BCUT2D eigenvalue weighted by molar-refractivity contribution is -0.137. The molecule has 0 spiro atoms. The fraction of sp³-hybridized carbons (Fsp3) is 0.350. The highest BCUT2D eigenvalue weighted by atomic mass is 19.4. The molecule has 144 valence electrons. The molecule has 0 radical (unpaired) electrons. The van der Waals surface area contributed by atoms with Crippen LogP contribution in [0.1, 0.15) is 30.0 Å². The van der Waals surface area contributed by atoms with Crippen molar-refractivity contribution in [1.29, 1.82) is 0 Å². The van der Waals surface area contributed by atoms with E-state index in [-0.39, 0.29) is 18.3 Å². The molecule has 0 bridgehead atoms. The van der Waals surface area contributed by atoms with E-state index in [0.717, 1.165) is 36.8 Å². The Morgan fingerprint density at radius 1 is 1.22 bits per heavy atom. The fourth-order valence-electron chi connectivity index (χ4n) is 3.46. The van der Waals surface area contributed by atoms with Crippen molar-refractivity contribution in [2.75, 3.05) is 25.5 Å². The Bertz CT molecular complexity index is 808. The van der Waals surface area contributed by atoms with Crippen LogP contribution in [0, 0.1) is 0 Å². The Kier molecular flexibility index (Phi) is 5.70. The third-order valence-corrected chi connectivity index (χ3v) is 4.70. The number of para-hydroxylation sites is 1. The Hall–Kier alpha value is -2.54. The number of likely N-dealkylation sites (tertiary alicyclic amines) is 1. The molecule has 0 aliphatic carbocycles. The van der Waals surface area contributed by atoms with Gasteiger partial charge in [-0.15, -0.1) is 0 Å². The molecule has 2 aromatic carbocycles. The molecule has 3 rings (SSSR count). The van der Waals surface area contributed by atoms with Crippen LogP contribution in [0.3, 0.4) is 0 Å². The van der Waals surface area contributed by atoms with Gasteiger partial charge >= 0.3 is 6.18 Å². The van der Waals surface area contributed by atoms with Crippen molar-refractivity contribution in [2.24, 2.45) is 0 Å². The van der Waals surface area contributed by atoms with Gasteiger partial charge in [0, 0.05) is 6.04 Å². The molecule has 0 aromatic heterocycles. The van der Waals surface area contributed by atoms with Crippen LogP contribution in [-0.2, 0) is 11.0 Å². The third kappa shape index (κ3) is 4.60.